The Morgan fingerprint density at radius 3 is 2.83 bits per heavy atom. The van der Waals surface area contributed by atoms with Crippen LogP contribution in [-0.2, 0) is 9.53 Å². The normalized spacial score (nSPS) is 36.1. The van der Waals surface area contributed by atoms with Gasteiger partial charge in [-0.15, -0.1) is 0 Å². The highest BCUT2D eigenvalue weighted by molar-refractivity contribution is 5.80. The number of ether oxygens (including phenoxy) is 1. The van der Waals surface area contributed by atoms with Gasteiger partial charge in [-0.3, -0.25) is 0 Å². The van der Waals surface area contributed by atoms with Crippen LogP contribution in [0.4, 0.5) is 0 Å². The van der Waals surface area contributed by atoms with Crippen molar-refractivity contribution in [2.45, 2.75) is 37.3 Å². The Labute approximate surface area is 71.7 Å². The third kappa shape index (κ3) is 1.44. The van der Waals surface area contributed by atoms with Gasteiger partial charge in [-0.1, -0.05) is 6.42 Å². The third-order valence-electron chi connectivity index (χ3n) is 2.48. The van der Waals surface area contributed by atoms with Crippen LogP contribution in [0, 0.1) is 0 Å². The first kappa shape index (κ1) is 9.48. The molecule has 1 saturated carbocycles. The Kier molecular flexibility index (Phi) is 2.69. The van der Waals surface area contributed by atoms with Crippen LogP contribution in [0.1, 0.15) is 25.7 Å². The molecule has 70 valence electrons. The number of esters is 1. The summed E-state index contributed by atoms with van der Waals surface area (Å²) in [6, 6.07) is -0.473. The van der Waals surface area contributed by atoms with Gasteiger partial charge in [-0.2, -0.15) is 0 Å². The van der Waals surface area contributed by atoms with Crippen molar-refractivity contribution in [2.75, 3.05) is 7.11 Å². The van der Waals surface area contributed by atoms with E-state index in [4.69, 9.17) is 5.73 Å². The van der Waals surface area contributed by atoms with Gasteiger partial charge >= 0.3 is 5.97 Å². The molecule has 0 radical (unpaired) electrons. The molecule has 0 amide bonds. The summed E-state index contributed by atoms with van der Waals surface area (Å²) in [7, 11) is 1.27. The molecule has 12 heavy (non-hydrogen) atoms. The Balaban J connectivity index is 2.72. The van der Waals surface area contributed by atoms with Gasteiger partial charge in [0.05, 0.1) is 7.11 Å². The van der Waals surface area contributed by atoms with Crippen LogP contribution in [0.5, 0.6) is 0 Å². The van der Waals surface area contributed by atoms with Crippen molar-refractivity contribution >= 4 is 5.97 Å². The number of rotatable bonds is 1. The van der Waals surface area contributed by atoms with Gasteiger partial charge < -0.3 is 15.6 Å². The number of methoxy groups -OCH3 is 1. The second kappa shape index (κ2) is 3.41. The number of hydrogen-bond donors (Lipinski definition) is 2. The molecule has 1 rings (SSSR count). The molecule has 1 aliphatic rings. The zero-order valence-corrected chi connectivity index (χ0v) is 7.25. The van der Waals surface area contributed by atoms with E-state index in [9.17, 15) is 9.90 Å². The monoisotopic (exact) mass is 173 g/mol. The molecular weight excluding hydrogens is 158 g/mol. The maximum Gasteiger partial charge on any atom is 0.339 e. The molecule has 0 heterocycles. The topological polar surface area (TPSA) is 72.5 Å². The van der Waals surface area contributed by atoms with Crippen molar-refractivity contribution < 1.29 is 14.6 Å². The molecule has 0 unspecified atom stereocenters. The molecule has 0 aliphatic heterocycles. The van der Waals surface area contributed by atoms with Gasteiger partial charge in [0.2, 0.25) is 0 Å². The van der Waals surface area contributed by atoms with Crippen molar-refractivity contribution in [3.63, 3.8) is 0 Å². The molecule has 0 aromatic rings. The lowest BCUT2D eigenvalue weighted by Crippen LogP contribution is -2.56. The molecule has 2 atom stereocenters. The maximum atomic E-state index is 11.1. The second-order valence-corrected chi connectivity index (χ2v) is 3.27. The average Bonchev–Trinajstić information content (AvgIpc) is 2.09. The Morgan fingerprint density at radius 2 is 2.33 bits per heavy atom. The van der Waals surface area contributed by atoms with E-state index in [1.165, 1.54) is 7.11 Å². The number of hydrogen-bond acceptors (Lipinski definition) is 4. The minimum absolute atomic E-state index is 0.418. The third-order valence-corrected chi connectivity index (χ3v) is 2.48. The zero-order valence-electron chi connectivity index (χ0n) is 7.25. The Morgan fingerprint density at radius 1 is 1.67 bits per heavy atom. The van der Waals surface area contributed by atoms with E-state index in [1.807, 2.05) is 0 Å². The van der Waals surface area contributed by atoms with Crippen LogP contribution < -0.4 is 5.73 Å². The maximum absolute atomic E-state index is 11.1. The van der Waals surface area contributed by atoms with Gasteiger partial charge in [-0.05, 0) is 19.3 Å². The lowest BCUT2D eigenvalue weighted by atomic mass is 9.81. The summed E-state index contributed by atoms with van der Waals surface area (Å²) in [4.78, 5) is 11.1. The summed E-state index contributed by atoms with van der Waals surface area (Å²) < 4.78 is 4.49. The largest absolute Gasteiger partial charge is 0.467 e. The SMILES string of the molecule is COC(=O)[C@]1(O)CCCC[C@@H]1N. The van der Waals surface area contributed by atoms with E-state index in [0.29, 0.717) is 12.8 Å². The van der Waals surface area contributed by atoms with Gasteiger partial charge in [-0.25, -0.2) is 4.79 Å². The quantitative estimate of drug-likeness (QED) is 0.538. The molecule has 3 N–H and O–H groups in total. The molecule has 1 aliphatic carbocycles. The standard InChI is InChI=1S/C8H15NO3/c1-12-7(10)8(11)5-3-2-4-6(8)9/h6,11H,2-5,9H2,1H3/t6-,8-/m0/s1. The van der Waals surface area contributed by atoms with Gasteiger partial charge in [0.15, 0.2) is 5.60 Å². The summed E-state index contributed by atoms with van der Waals surface area (Å²) in [5.41, 5.74) is 4.20. The highest BCUT2D eigenvalue weighted by Crippen LogP contribution is 2.28. The smallest absolute Gasteiger partial charge is 0.339 e. The number of carbonyl (C=O) groups excluding carboxylic acids is 1. The number of nitrogens with two attached hydrogens (primary N) is 1. The van der Waals surface area contributed by atoms with Crippen LogP contribution >= 0.6 is 0 Å². The number of aliphatic hydroxyl groups is 1. The van der Waals surface area contributed by atoms with E-state index in [0.717, 1.165) is 12.8 Å². The van der Waals surface area contributed by atoms with E-state index in [1.54, 1.807) is 0 Å². The lowest BCUT2D eigenvalue weighted by Gasteiger charge is -2.34. The summed E-state index contributed by atoms with van der Waals surface area (Å²) in [6.45, 7) is 0. The van der Waals surface area contributed by atoms with E-state index >= 15 is 0 Å². The molecule has 0 saturated heterocycles. The van der Waals surface area contributed by atoms with Crippen molar-refractivity contribution in [2.24, 2.45) is 5.73 Å². The predicted molar refractivity (Wildman–Crippen MR) is 43.4 cm³/mol. The first-order chi connectivity index (χ1) is 5.61. The summed E-state index contributed by atoms with van der Waals surface area (Å²) >= 11 is 0. The van der Waals surface area contributed by atoms with E-state index in [-0.39, 0.29) is 0 Å². The molecule has 0 spiro atoms. The van der Waals surface area contributed by atoms with Crippen LogP contribution in [0.3, 0.4) is 0 Å². The van der Waals surface area contributed by atoms with Crippen molar-refractivity contribution in [3.05, 3.63) is 0 Å². The van der Waals surface area contributed by atoms with Crippen molar-refractivity contribution in [1.82, 2.24) is 0 Å². The zero-order chi connectivity index (χ0) is 9.19. The molecule has 0 aromatic carbocycles. The molecule has 4 nitrogen and oxygen atoms in total. The minimum Gasteiger partial charge on any atom is -0.467 e. The molecule has 0 bridgehead atoms. The van der Waals surface area contributed by atoms with Gasteiger partial charge in [0, 0.05) is 6.04 Å². The molecular formula is C8H15NO3. The lowest BCUT2D eigenvalue weighted by molar-refractivity contribution is -0.167. The van der Waals surface area contributed by atoms with Crippen molar-refractivity contribution in [3.8, 4) is 0 Å². The van der Waals surface area contributed by atoms with Crippen LogP contribution in [-0.4, -0.2) is 29.8 Å². The summed E-state index contributed by atoms with van der Waals surface area (Å²) in [5.74, 6) is -0.602. The first-order valence-electron chi connectivity index (χ1n) is 4.17. The average molecular weight is 173 g/mol. The minimum atomic E-state index is -1.44. The van der Waals surface area contributed by atoms with E-state index in [2.05, 4.69) is 4.74 Å². The van der Waals surface area contributed by atoms with Gasteiger partial charge in [0.1, 0.15) is 0 Å². The highest BCUT2D eigenvalue weighted by atomic mass is 16.5. The Bertz CT molecular complexity index is 183. The fourth-order valence-electron chi connectivity index (χ4n) is 1.61. The Hall–Kier alpha value is -0.610. The summed E-state index contributed by atoms with van der Waals surface area (Å²) in [5, 5.41) is 9.81. The second-order valence-electron chi connectivity index (χ2n) is 3.27. The van der Waals surface area contributed by atoms with Crippen LogP contribution in [0.2, 0.25) is 0 Å². The fraction of sp³-hybridized carbons (Fsp3) is 0.875. The first-order valence-corrected chi connectivity index (χ1v) is 4.17. The number of carbonyl (C=O) groups is 1. The van der Waals surface area contributed by atoms with E-state index < -0.39 is 17.6 Å². The van der Waals surface area contributed by atoms with Crippen LogP contribution in [0.15, 0.2) is 0 Å². The van der Waals surface area contributed by atoms with Crippen molar-refractivity contribution in [1.29, 1.82) is 0 Å². The fourth-order valence-corrected chi connectivity index (χ4v) is 1.61. The molecule has 4 heteroatoms. The predicted octanol–water partition coefficient (Wildman–Crippen LogP) is -0.208. The highest BCUT2D eigenvalue weighted by Gasteiger charge is 2.44. The van der Waals surface area contributed by atoms with Crippen LogP contribution in [0.25, 0.3) is 0 Å². The van der Waals surface area contributed by atoms with Gasteiger partial charge in [0.25, 0.3) is 0 Å². The summed E-state index contributed by atoms with van der Waals surface area (Å²) in [6.07, 6.45) is 2.91. The molecule has 0 aromatic heterocycles. The molecule has 1 fully saturated rings.